The Morgan fingerprint density at radius 3 is 2.72 bits per heavy atom. The molecule has 7 heteroatoms. The molecule has 0 saturated heterocycles. The summed E-state index contributed by atoms with van der Waals surface area (Å²) >= 11 is 3.63. The molecular formula is C22H24N2O3S2. The van der Waals surface area contributed by atoms with Crippen LogP contribution in [0.4, 0.5) is 5.69 Å². The van der Waals surface area contributed by atoms with Crippen molar-refractivity contribution in [2.24, 2.45) is 0 Å². The Morgan fingerprint density at radius 1 is 1.17 bits per heavy atom. The van der Waals surface area contributed by atoms with Gasteiger partial charge < -0.3 is 19.4 Å². The first-order chi connectivity index (χ1) is 14.2. The number of thioether (sulfide) groups is 1. The molecule has 1 aliphatic heterocycles. The number of aromatic nitrogens is 1. The van der Waals surface area contributed by atoms with Crippen LogP contribution in [0.25, 0.3) is 5.00 Å². The smallest absolute Gasteiger partial charge is 0.259 e. The summed E-state index contributed by atoms with van der Waals surface area (Å²) in [5.74, 6) is 3.25. The molecule has 4 rings (SSSR count). The van der Waals surface area contributed by atoms with Crippen LogP contribution in [0.3, 0.4) is 0 Å². The van der Waals surface area contributed by atoms with Crippen molar-refractivity contribution in [1.29, 1.82) is 0 Å². The summed E-state index contributed by atoms with van der Waals surface area (Å²) in [7, 11) is 0. The van der Waals surface area contributed by atoms with Gasteiger partial charge in [-0.15, -0.1) is 11.3 Å². The van der Waals surface area contributed by atoms with Gasteiger partial charge in [0.1, 0.15) is 16.5 Å². The summed E-state index contributed by atoms with van der Waals surface area (Å²) < 4.78 is 13.4. The number of carbonyl (C=O) groups is 1. The fraction of sp³-hybridized carbons (Fsp3) is 0.318. The van der Waals surface area contributed by atoms with Crippen LogP contribution in [-0.4, -0.2) is 29.4 Å². The Bertz CT molecular complexity index is 996. The van der Waals surface area contributed by atoms with E-state index in [0.717, 1.165) is 28.5 Å². The lowest BCUT2D eigenvalue weighted by atomic mass is 10.1. The largest absolute Gasteiger partial charge is 0.494 e. The summed E-state index contributed by atoms with van der Waals surface area (Å²) in [5.41, 5.74) is 2.58. The third-order valence-corrected chi connectivity index (χ3v) is 7.09. The zero-order chi connectivity index (χ0) is 20.2. The molecule has 1 amide bonds. The zero-order valence-corrected chi connectivity index (χ0v) is 18.2. The molecule has 29 heavy (non-hydrogen) atoms. The van der Waals surface area contributed by atoms with Crippen molar-refractivity contribution >= 4 is 34.7 Å². The summed E-state index contributed by atoms with van der Waals surface area (Å²) in [6, 6.07) is 9.49. The van der Waals surface area contributed by atoms with Crippen molar-refractivity contribution in [2.75, 3.05) is 24.3 Å². The molecule has 0 saturated carbocycles. The second-order valence-corrected chi connectivity index (χ2v) is 8.74. The van der Waals surface area contributed by atoms with Crippen LogP contribution in [0.15, 0.2) is 42.7 Å². The fourth-order valence-corrected chi connectivity index (χ4v) is 5.88. The van der Waals surface area contributed by atoms with Gasteiger partial charge in [-0.1, -0.05) is 0 Å². The minimum atomic E-state index is -0.104. The van der Waals surface area contributed by atoms with Gasteiger partial charge in [0.25, 0.3) is 5.91 Å². The van der Waals surface area contributed by atoms with Gasteiger partial charge in [0.15, 0.2) is 0 Å². The van der Waals surface area contributed by atoms with E-state index in [1.54, 1.807) is 11.3 Å². The molecule has 0 unspecified atom stereocenters. The highest BCUT2D eigenvalue weighted by Crippen LogP contribution is 2.39. The number of anilines is 1. The molecule has 2 aromatic heterocycles. The molecule has 0 atom stereocenters. The van der Waals surface area contributed by atoms with E-state index in [0.29, 0.717) is 30.4 Å². The highest BCUT2D eigenvalue weighted by Gasteiger charge is 2.27. The highest BCUT2D eigenvalue weighted by molar-refractivity contribution is 7.98. The molecule has 0 aliphatic carbocycles. The van der Waals surface area contributed by atoms with Crippen LogP contribution >= 0.6 is 23.1 Å². The minimum Gasteiger partial charge on any atom is -0.494 e. The predicted molar refractivity (Wildman–Crippen MR) is 120 cm³/mol. The molecule has 1 N–H and O–H groups in total. The summed E-state index contributed by atoms with van der Waals surface area (Å²) in [6.07, 6.45) is 4.89. The van der Waals surface area contributed by atoms with Gasteiger partial charge in [-0.25, -0.2) is 0 Å². The summed E-state index contributed by atoms with van der Waals surface area (Å²) in [6.45, 7) is 4.96. The van der Waals surface area contributed by atoms with Crippen molar-refractivity contribution < 1.29 is 14.3 Å². The van der Waals surface area contributed by atoms with Gasteiger partial charge in [-0.3, -0.25) is 4.79 Å². The zero-order valence-electron chi connectivity index (χ0n) is 16.6. The van der Waals surface area contributed by atoms with Crippen molar-refractivity contribution in [2.45, 2.75) is 26.0 Å². The summed E-state index contributed by atoms with van der Waals surface area (Å²) in [4.78, 5) is 14.8. The van der Waals surface area contributed by atoms with E-state index in [4.69, 9.17) is 9.47 Å². The average molecular weight is 429 g/mol. The quantitative estimate of drug-likeness (QED) is 0.549. The second-order valence-electron chi connectivity index (χ2n) is 6.55. The van der Waals surface area contributed by atoms with Gasteiger partial charge in [-0.05, 0) is 55.9 Å². The number of rotatable bonds is 7. The van der Waals surface area contributed by atoms with E-state index in [2.05, 4.69) is 5.32 Å². The topological polar surface area (TPSA) is 52.5 Å². The van der Waals surface area contributed by atoms with E-state index in [9.17, 15) is 4.79 Å². The normalized spacial score (nSPS) is 13.0. The maximum absolute atomic E-state index is 13.5. The molecule has 0 bridgehead atoms. The molecule has 0 radical (unpaired) electrons. The fourth-order valence-electron chi connectivity index (χ4n) is 3.43. The first-order valence-corrected chi connectivity index (χ1v) is 11.7. The van der Waals surface area contributed by atoms with Crippen LogP contribution in [0, 0.1) is 0 Å². The number of ether oxygens (including phenoxy) is 2. The number of fused-ring (bicyclic) bond motifs is 1. The number of amides is 1. The molecular weight excluding hydrogens is 404 g/mol. The highest BCUT2D eigenvalue weighted by atomic mass is 32.2. The molecule has 5 nitrogen and oxygen atoms in total. The Labute approximate surface area is 179 Å². The minimum absolute atomic E-state index is 0.104. The number of nitrogens with one attached hydrogen (secondary N) is 1. The molecule has 0 spiro atoms. The van der Waals surface area contributed by atoms with Crippen LogP contribution in [0.2, 0.25) is 0 Å². The Morgan fingerprint density at radius 2 is 1.97 bits per heavy atom. The maximum atomic E-state index is 13.5. The first-order valence-electron chi connectivity index (χ1n) is 9.77. The van der Waals surface area contributed by atoms with Gasteiger partial charge in [-0.2, -0.15) is 11.8 Å². The lowest BCUT2D eigenvalue weighted by molar-refractivity contribution is 0.102. The SMILES string of the molecule is CCOc1ccc(OCC)c(NC(=O)c2c(-n3cccc3)sc3c2CCSC3)c1. The van der Waals surface area contributed by atoms with E-state index >= 15 is 0 Å². The number of carbonyl (C=O) groups excluding carboxylic acids is 1. The molecule has 1 aromatic carbocycles. The van der Waals surface area contributed by atoms with Crippen molar-refractivity contribution in [3.05, 3.63) is 58.7 Å². The maximum Gasteiger partial charge on any atom is 0.259 e. The van der Waals surface area contributed by atoms with Gasteiger partial charge in [0.05, 0.1) is 24.5 Å². The van der Waals surface area contributed by atoms with Crippen molar-refractivity contribution in [3.8, 4) is 16.5 Å². The lowest BCUT2D eigenvalue weighted by Crippen LogP contribution is -2.17. The van der Waals surface area contributed by atoms with Gasteiger partial charge in [0, 0.05) is 29.1 Å². The summed E-state index contributed by atoms with van der Waals surface area (Å²) in [5, 5.41) is 4.06. The molecule has 1 aliphatic rings. The van der Waals surface area contributed by atoms with E-state index in [-0.39, 0.29) is 5.91 Å². The van der Waals surface area contributed by atoms with E-state index in [1.165, 1.54) is 10.4 Å². The van der Waals surface area contributed by atoms with Crippen LogP contribution in [0.1, 0.15) is 34.6 Å². The Balaban J connectivity index is 1.72. The van der Waals surface area contributed by atoms with Crippen LogP contribution in [0.5, 0.6) is 11.5 Å². The Hall–Kier alpha value is -2.38. The lowest BCUT2D eigenvalue weighted by Gasteiger charge is -2.16. The molecule has 152 valence electrons. The Kier molecular flexibility index (Phi) is 6.16. The third-order valence-electron chi connectivity index (χ3n) is 4.68. The molecule has 3 heterocycles. The number of thiophene rings is 1. The van der Waals surface area contributed by atoms with Crippen LogP contribution in [-0.2, 0) is 12.2 Å². The van der Waals surface area contributed by atoms with Gasteiger partial charge in [0.2, 0.25) is 0 Å². The first kappa shape index (κ1) is 19.9. The second kappa shape index (κ2) is 8.97. The molecule has 3 aromatic rings. The number of nitrogens with zero attached hydrogens (tertiary/aromatic N) is 1. The van der Waals surface area contributed by atoms with Crippen molar-refractivity contribution in [1.82, 2.24) is 4.57 Å². The standard InChI is InChI=1S/C22H24N2O3S2/c1-3-26-15-7-8-18(27-4-2)17(13-15)23-21(25)20-16-9-12-28-14-19(16)29-22(20)24-10-5-6-11-24/h5-8,10-11,13H,3-4,9,12,14H2,1-2H3,(H,23,25). The van der Waals surface area contributed by atoms with E-state index < -0.39 is 0 Å². The number of hydrogen-bond donors (Lipinski definition) is 1. The molecule has 0 fully saturated rings. The monoisotopic (exact) mass is 428 g/mol. The number of hydrogen-bond acceptors (Lipinski definition) is 5. The van der Waals surface area contributed by atoms with Crippen LogP contribution < -0.4 is 14.8 Å². The van der Waals surface area contributed by atoms with Crippen molar-refractivity contribution in [3.63, 3.8) is 0 Å². The predicted octanol–water partition coefficient (Wildman–Crippen LogP) is 5.38. The third kappa shape index (κ3) is 4.16. The van der Waals surface area contributed by atoms with E-state index in [1.807, 2.05) is 72.9 Å². The van der Waals surface area contributed by atoms with Gasteiger partial charge >= 0.3 is 0 Å². The number of benzene rings is 1. The average Bonchev–Trinajstić information content (AvgIpc) is 3.37.